The molecule has 0 aliphatic heterocycles. The second-order valence-electron chi connectivity index (χ2n) is 4.92. The average Bonchev–Trinajstić information content (AvgIpc) is 2.56. The molecule has 1 unspecified atom stereocenters. The molecule has 0 spiro atoms. The SMILES string of the molecule is CC(C)n1nc(C(F)F)c2c1CC(C)(F)C2. The Bertz CT molecular complexity index is 373. The van der Waals surface area contributed by atoms with Gasteiger partial charge in [-0.2, -0.15) is 5.10 Å². The van der Waals surface area contributed by atoms with Crippen molar-refractivity contribution in [3.05, 3.63) is 17.0 Å². The minimum Gasteiger partial charge on any atom is -0.266 e. The van der Waals surface area contributed by atoms with Gasteiger partial charge in [0.2, 0.25) is 0 Å². The van der Waals surface area contributed by atoms with Gasteiger partial charge in [-0.3, -0.25) is 4.68 Å². The first-order valence-electron chi connectivity index (χ1n) is 5.39. The lowest BCUT2D eigenvalue weighted by Gasteiger charge is -2.14. The van der Waals surface area contributed by atoms with E-state index in [1.165, 1.54) is 11.6 Å². The van der Waals surface area contributed by atoms with Crippen LogP contribution < -0.4 is 0 Å². The molecule has 2 nitrogen and oxygen atoms in total. The molecular weight excluding hydrogens is 217 g/mol. The molecule has 2 rings (SSSR count). The Morgan fingerprint density at radius 1 is 1.31 bits per heavy atom. The van der Waals surface area contributed by atoms with Crippen LogP contribution in [0.25, 0.3) is 0 Å². The van der Waals surface area contributed by atoms with Crippen LogP contribution in [-0.2, 0) is 12.8 Å². The summed E-state index contributed by atoms with van der Waals surface area (Å²) in [6.07, 6.45) is -2.39. The van der Waals surface area contributed by atoms with Crippen molar-refractivity contribution < 1.29 is 13.2 Å². The minimum absolute atomic E-state index is 0.0184. The summed E-state index contributed by atoms with van der Waals surface area (Å²) >= 11 is 0. The van der Waals surface area contributed by atoms with Gasteiger partial charge in [-0.15, -0.1) is 0 Å². The molecule has 1 heterocycles. The maximum absolute atomic E-state index is 13.8. The van der Waals surface area contributed by atoms with E-state index >= 15 is 0 Å². The molecule has 1 aromatic heterocycles. The zero-order valence-electron chi connectivity index (χ0n) is 9.60. The van der Waals surface area contributed by atoms with E-state index in [9.17, 15) is 13.2 Å². The molecule has 1 atom stereocenters. The summed E-state index contributed by atoms with van der Waals surface area (Å²) in [6.45, 7) is 5.17. The molecule has 90 valence electrons. The van der Waals surface area contributed by atoms with Crippen molar-refractivity contribution in [3.63, 3.8) is 0 Å². The Morgan fingerprint density at radius 3 is 2.44 bits per heavy atom. The Kier molecular flexibility index (Phi) is 2.51. The van der Waals surface area contributed by atoms with Crippen molar-refractivity contribution in [2.75, 3.05) is 0 Å². The maximum Gasteiger partial charge on any atom is 0.282 e. The molecule has 0 amide bonds. The molecule has 0 saturated carbocycles. The van der Waals surface area contributed by atoms with Gasteiger partial charge in [0.05, 0.1) is 0 Å². The molecule has 1 aliphatic carbocycles. The van der Waals surface area contributed by atoms with Gasteiger partial charge < -0.3 is 0 Å². The quantitative estimate of drug-likeness (QED) is 0.765. The van der Waals surface area contributed by atoms with Gasteiger partial charge in [0, 0.05) is 30.1 Å². The molecule has 0 fully saturated rings. The van der Waals surface area contributed by atoms with Crippen LogP contribution in [0.3, 0.4) is 0 Å². The summed E-state index contributed by atoms with van der Waals surface area (Å²) in [7, 11) is 0. The van der Waals surface area contributed by atoms with Crippen LogP contribution in [0.5, 0.6) is 0 Å². The number of alkyl halides is 3. The average molecular weight is 232 g/mol. The zero-order chi connectivity index (χ0) is 12.1. The highest BCUT2D eigenvalue weighted by atomic mass is 19.3. The van der Waals surface area contributed by atoms with Gasteiger partial charge in [0.25, 0.3) is 6.43 Å². The van der Waals surface area contributed by atoms with Gasteiger partial charge in [-0.05, 0) is 20.8 Å². The smallest absolute Gasteiger partial charge is 0.266 e. The largest absolute Gasteiger partial charge is 0.282 e. The Morgan fingerprint density at radius 2 is 1.94 bits per heavy atom. The Labute approximate surface area is 92.4 Å². The lowest BCUT2D eigenvalue weighted by atomic mass is 10.1. The van der Waals surface area contributed by atoms with Crippen molar-refractivity contribution in [2.24, 2.45) is 0 Å². The molecule has 0 saturated heterocycles. The Hall–Kier alpha value is -1.00. The van der Waals surface area contributed by atoms with Crippen LogP contribution in [0.15, 0.2) is 0 Å². The number of halogens is 3. The fraction of sp³-hybridized carbons (Fsp3) is 0.727. The predicted octanol–water partition coefficient (Wildman–Crippen LogP) is 3.23. The van der Waals surface area contributed by atoms with Crippen molar-refractivity contribution >= 4 is 0 Å². The molecule has 1 aromatic rings. The zero-order valence-corrected chi connectivity index (χ0v) is 9.60. The molecule has 5 heteroatoms. The highest BCUT2D eigenvalue weighted by molar-refractivity contribution is 5.35. The predicted molar refractivity (Wildman–Crippen MR) is 54.5 cm³/mol. The monoisotopic (exact) mass is 232 g/mol. The summed E-state index contributed by atoms with van der Waals surface area (Å²) < 4.78 is 40.9. The lowest BCUT2D eigenvalue weighted by molar-refractivity contribution is 0.141. The first-order valence-corrected chi connectivity index (χ1v) is 5.39. The number of aromatic nitrogens is 2. The van der Waals surface area contributed by atoms with Crippen molar-refractivity contribution in [3.8, 4) is 0 Å². The molecule has 0 bridgehead atoms. The van der Waals surface area contributed by atoms with Crippen LogP contribution in [0.2, 0.25) is 0 Å². The topological polar surface area (TPSA) is 17.8 Å². The first kappa shape index (κ1) is 11.5. The van der Waals surface area contributed by atoms with Gasteiger partial charge >= 0.3 is 0 Å². The number of fused-ring (bicyclic) bond motifs is 1. The number of nitrogens with zero attached hydrogens (tertiary/aromatic N) is 2. The normalized spacial score (nSPS) is 24.5. The van der Waals surface area contributed by atoms with E-state index in [2.05, 4.69) is 5.10 Å². The van der Waals surface area contributed by atoms with E-state index in [0.29, 0.717) is 11.3 Å². The van der Waals surface area contributed by atoms with Crippen molar-refractivity contribution in [1.82, 2.24) is 9.78 Å². The van der Waals surface area contributed by atoms with E-state index in [4.69, 9.17) is 0 Å². The van der Waals surface area contributed by atoms with Gasteiger partial charge in [-0.1, -0.05) is 0 Å². The molecule has 0 aromatic carbocycles. The van der Waals surface area contributed by atoms with Crippen LogP contribution in [0.4, 0.5) is 13.2 Å². The Balaban J connectivity index is 2.51. The molecule has 1 aliphatic rings. The van der Waals surface area contributed by atoms with E-state index < -0.39 is 12.1 Å². The fourth-order valence-electron chi connectivity index (χ4n) is 2.29. The molecular formula is C11H15F3N2. The van der Waals surface area contributed by atoms with Gasteiger partial charge in [0.1, 0.15) is 11.4 Å². The highest BCUT2D eigenvalue weighted by Gasteiger charge is 2.40. The summed E-state index contributed by atoms with van der Waals surface area (Å²) in [5.41, 5.74) is -0.609. The third kappa shape index (κ3) is 1.72. The molecule has 16 heavy (non-hydrogen) atoms. The second kappa shape index (κ2) is 3.50. The maximum atomic E-state index is 13.8. The van der Waals surface area contributed by atoms with Crippen molar-refractivity contribution in [1.29, 1.82) is 0 Å². The third-order valence-corrected chi connectivity index (χ3v) is 2.93. The molecule has 0 N–H and O–H groups in total. The second-order valence-corrected chi connectivity index (χ2v) is 4.92. The molecule has 0 radical (unpaired) electrons. The highest BCUT2D eigenvalue weighted by Crippen LogP contribution is 2.38. The van der Waals surface area contributed by atoms with E-state index in [-0.39, 0.29) is 24.6 Å². The first-order chi connectivity index (χ1) is 7.32. The van der Waals surface area contributed by atoms with E-state index in [1.54, 1.807) is 0 Å². The van der Waals surface area contributed by atoms with Crippen LogP contribution in [0.1, 0.15) is 50.2 Å². The van der Waals surface area contributed by atoms with Crippen LogP contribution in [0, 0.1) is 0 Å². The van der Waals surface area contributed by atoms with Gasteiger partial charge in [0.15, 0.2) is 0 Å². The number of hydrogen-bond donors (Lipinski definition) is 0. The summed E-state index contributed by atoms with van der Waals surface area (Å²) in [5, 5.41) is 3.90. The standard InChI is InChI=1S/C11H15F3N2/c1-6(2)16-8-5-11(3,14)4-7(8)9(15-16)10(12)13/h6,10H,4-5H2,1-3H3. The lowest BCUT2D eigenvalue weighted by Crippen LogP contribution is -2.20. The van der Waals surface area contributed by atoms with E-state index in [1.807, 2.05) is 13.8 Å². The number of rotatable bonds is 2. The van der Waals surface area contributed by atoms with Gasteiger partial charge in [-0.25, -0.2) is 13.2 Å². The fourth-order valence-corrected chi connectivity index (χ4v) is 2.29. The number of hydrogen-bond acceptors (Lipinski definition) is 1. The minimum atomic E-state index is -2.62. The van der Waals surface area contributed by atoms with E-state index in [0.717, 1.165) is 0 Å². The summed E-state index contributed by atoms with van der Waals surface area (Å²) in [6, 6.07) is -0.0184. The van der Waals surface area contributed by atoms with Crippen LogP contribution in [-0.4, -0.2) is 15.4 Å². The van der Waals surface area contributed by atoms with Crippen LogP contribution >= 0.6 is 0 Å². The summed E-state index contributed by atoms with van der Waals surface area (Å²) in [4.78, 5) is 0. The third-order valence-electron chi connectivity index (χ3n) is 2.93. The van der Waals surface area contributed by atoms with Crippen molar-refractivity contribution in [2.45, 2.75) is 51.7 Å². The summed E-state index contributed by atoms with van der Waals surface area (Å²) in [5.74, 6) is 0.